The van der Waals surface area contributed by atoms with Crippen LogP contribution in [0.5, 0.6) is 11.5 Å². The van der Waals surface area contributed by atoms with Crippen molar-refractivity contribution in [2.45, 2.75) is 20.0 Å². The van der Waals surface area contributed by atoms with Crippen molar-refractivity contribution in [3.63, 3.8) is 0 Å². The van der Waals surface area contributed by atoms with Crippen LogP contribution in [0.3, 0.4) is 0 Å². The van der Waals surface area contributed by atoms with E-state index in [1.54, 1.807) is 12.1 Å². The second kappa shape index (κ2) is 6.84. The summed E-state index contributed by atoms with van der Waals surface area (Å²) < 4.78 is 10.8. The lowest BCUT2D eigenvalue weighted by atomic mass is 10.2. The van der Waals surface area contributed by atoms with Crippen molar-refractivity contribution >= 4 is 23.8 Å². The Labute approximate surface area is 116 Å². The predicted octanol–water partition coefficient (Wildman–Crippen LogP) is 2.14. The van der Waals surface area contributed by atoms with Gasteiger partial charge >= 0.3 is 6.03 Å². The van der Waals surface area contributed by atoms with Crippen LogP contribution in [-0.2, 0) is 0 Å². The van der Waals surface area contributed by atoms with Crippen molar-refractivity contribution in [2.75, 3.05) is 7.11 Å². The first-order chi connectivity index (χ1) is 8.93. The summed E-state index contributed by atoms with van der Waals surface area (Å²) in [5, 5.41) is 4.04. The number of halogens is 1. The van der Waals surface area contributed by atoms with E-state index >= 15 is 0 Å². The van der Waals surface area contributed by atoms with Gasteiger partial charge in [-0.25, -0.2) is 10.2 Å². The molecule has 0 aliphatic heterocycles. The lowest BCUT2D eigenvalue weighted by Crippen LogP contribution is -2.24. The number of nitrogens with two attached hydrogens (primary N) is 1. The quantitative estimate of drug-likeness (QED) is 0.642. The van der Waals surface area contributed by atoms with Crippen molar-refractivity contribution in [3.05, 3.63) is 22.7 Å². The number of urea groups is 1. The molecule has 1 aromatic rings. The zero-order valence-electron chi connectivity index (χ0n) is 10.9. The molecule has 2 amide bonds. The molecule has 0 radical (unpaired) electrons. The number of rotatable bonds is 5. The van der Waals surface area contributed by atoms with Gasteiger partial charge in [-0.3, -0.25) is 0 Å². The third-order valence-corrected chi connectivity index (χ3v) is 2.27. The van der Waals surface area contributed by atoms with Crippen LogP contribution >= 0.6 is 11.6 Å². The maximum absolute atomic E-state index is 10.5. The molecule has 3 N–H and O–H groups in total. The third-order valence-electron chi connectivity index (χ3n) is 1.99. The summed E-state index contributed by atoms with van der Waals surface area (Å²) >= 11 is 6.12. The van der Waals surface area contributed by atoms with Gasteiger partial charge in [0.25, 0.3) is 0 Å². The topological polar surface area (TPSA) is 85.9 Å². The fourth-order valence-electron chi connectivity index (χ4n) is 1.33. The zero-order chi connectivity index (χ0) is 14.4. The van der Waals surface area contributed by atoms with Crippen LogP contribution in [0.2, 0.25) is 5.02 Å². The Morgan fingerprint density at radius 2 is 2.21 bits per heavy atom. The molecule has 0 aromatic heterocycles. The van der Waals surface area contributed by atoms with Crippen molar-refractivity contribution in [2.24, 2.45) is 10.8 Å². The van der Waals surface area contributed by atoms with Gasteiger partial charge < -0.3 is 15.2 Å². The zero-order valence-corrected chi connectivity index (χ0v) is 11.7. The number of nitrogens with one attached hydrogen (secondary N) is 1. The molecule has 0 saturated carbocycles. The minimum Gasteiger partial charge on any atom is -0.493 e. The summed E-state index contributed by atoms with van der Waals surface area (Å²) in [7, 11) is 1.52. The van der Waals surface area contributed by atoms with Crippen molar-refractivity contribution in [1.29, 1.82) is 0 Å². The molecular weight excluding hydrogens is 270 g/mol. The summed E-state index contributed by atoms with van der Waals surface area (Å²) in [6.07, 6.45) is 1.38. The van der Waals surface area contributed by atoms with Gasteiger partial charge in [-0.15, -0.1) is 0 Å². The van der Waals surface area contributed by atoms with Gasteiger partial charge in [0.15, 0.2) is 11.5 Å². The molecule has 7 heteroatoms. The monoisotopic (exact) mass is 285 g/mol. The Balaban J connectivity index is 3.01. The Morgan fingerprint density at radius 1 is 1.53 bits per heavy atom. The van der Waals surface area contributed by atoms with Gasteiger partial charge in [-0.2, -0.15) is 5.10 Å². The van der Waals surface area contributed by atoms with E-state index in [0.29, 0.717) is 22.1 Å². The molecule has 0 unspecified atom stereocenters. The molecule has 0 saturated heterocycles. The van der Waals surface area contributed by atoms with Crippen LogP contribution in [0.1, 0.15) is 19.4 Å². The molecule has 0 aliphatic rings. The minimum atomic E-state index is -0.742. The standard InChI is InChI=1S/C12H16ClN3O3/c1-7(2)19-11-9(13)4-8(5-10(11)18-3)6-15-16-12(14)17/h4-7H,1-3H3,(H3,14,16,17)/b15-6-. The SMILES string of the molecule is COc1cc(/C=N\NC(N)=O)cc(Cl)c1OC(C)C. The molecule has 0 aliphatic carbocycles. The highest BCUT2D eigenvalue weighted by atomic mass is 35.5. The molecule has 0 heterocycles. The van der Waals surface area contributed by atoms with Crippen LogP contribution in [0.25, 0.3) is 0 Å². The van der Waals surface area contributed by atoms with E-state index in [1.807, 2.05) is 13.8 Å². The number of ether oxygens (including phenoxy) is 2. The number of hydrogen-bond donors (Lipinski definition) is 2. The maximum Gasteiger partial charge on any atom is 0.332 e. The highest BCUT2D eigenvalue weighted by Gasteiger charge is 2.12. The number of carbonyl (C=O) groups excluding carboxylic acids is 1. The number of benzene rings is 1. The van der Waals surface area contributed by atoms with E-state index in [9.17, 15) is 4.79 Å². The average molecular weight is 286 g/mol. The molecule has 0 atom stereocenters. The van der Waals surface area contributed by atoms with Gasteiger partial charge in [0.2, 0.25) is 0 Å². The molecule has 1 rings (SSSR count). The minimum absolute atomic E-state index is 0.0255. The van der Waals surface area contributed by atoms with Crippen LogP contribution in [0.15, 0.2) is 17.2 Å². The summed E-state index contributed by atoms with van der Waals surface area (Å²) in [6.45, 7) is 3.78. The molecule has 1 aromatic carbocycles. The Hall–Kier alpha value is -1.95. The smallest absolute Gasteiger partial charge is 0.332 e. The first-order valence-electron chi connectivity index (χ1n) is 5.56. The second-order valence-corrected chi connectivity index (χ2v) is 4.34. The normalized spacial score (nSPS) is 10.8. The van der Waals surface area contributed by atoms with Gasteiger partial charge in [-0.1, -0.05) is 11.6 Å². The Bertz CT molecular complexity index is 489. The number of methoxy groups -OCH3 is 1. The highest BCUT2D eigenvalue weighted by Crippen LogP contribution is 2.36. The number of carbonyl (C=O) groups is 1. The first-order valence-corrected chi connectivity index (χ1v) is 5.94. The van der Waals surface area contributed by atoms with Gasteiger partial charge in [0.1, 0.15) is 0 Å². The fraction of sp³-hybridized carbons (Fsp3) is 0.333. The molecule has 0 spiro atoms. The number of primary amides is 1. The van der Waals surface area contributed by atoms with Crippen molar-refractivity contribution < 1.29 is 14.3 Å². The maximum atomic E-state index is 10.5. The summed E-state index contributed by atoms with van der Waals surface area (Å²) in [4.78, 5) is 10.5. The molecular formula is C12H16ClN3O3. The van der Waals surface area contributed by atoms with E-state index in [4.69, 9.17) is 26.8 Å². The number of hydrazone groups is 1. The fourth-order valence-corrected chi connectivity index (χ4v) is 1.60. The molecule has 19 heavy (non-hydrogen) atoms. The van der Waals surface area contributed by atoms with Crippen LogP contribution in [-0.4, -0.2) is 25.5 Å². The third kappa shape index (κ3) is 4.67. The molecule has 0 bridgehead atoms. The molecule has 6 nitrogen and oxygen atoms in total. The largest absolute Gasteiger partial charge is 0.493 e. The van der Waals surface area contributed by atoms with E-state index < -0.39 is 6.03 Å². The lowest BCUT2D eigenvalue weighted by Gasteiger charge is -2.15. The molecule has 0 fully saturated rings. The van der Waals surface area contributed by atoms with E-state index in [2.05, 4.69) is 10.5 Å². The lowest BCUT2D eigenvalue weighted by molar-refractivity contribution is 0.230. The van der Waals surface area contributed by atoms with Crippen LogP contribution in [0, 0.1) is 0 Å². The van der Waals surface area contributed by atoms with Crippen molar-refractivity contribution in [1.82, 2.24) is 5.43 Å². The number of nitrogens with zero attached hydrogens (tertiary/aromatic N) is 1. The van der Waals surface area contributed by atoms with Gasteiger partial charge in [0.05, 0.1) is 24.5 Å². The van der Waals surface area contributed by atoms with Crippen LogP contribution < -0.4 is 20.6 Å². The second-order valence-electron chi connectivity index (χ2n) is 3.93. The number of hydrogen-bond acceptors (Lipinski definition) is 4. The Kier molecular flexibility index (Phi) is 5.44. The van der Waals surface area contributed by atoms with Crippen molar-refractivity contribution in [3.8, 4) is 11.5 Å². The first kappa shape index (κ1) is 15.1. The predicted molar refractivity (Wildman–Crippen MR) is 74.1 cm³/mol. The summed E-state index contributed by atoms with van der Waals surface area (Å²) in [5.41, 5.74) is 7.62. The van der Waals surface area contributed by atoms with Gasteiger partial charge in [0, 0.05) is 0 Å². The Morgan fingerprint density at radius 3 is 2.74 bits per heavy atom. The van der Waals surface area contributed by atoms with E-state index in [1.165, 1.54) is 13.3 Å². The highest BCUT2D eigenvalue weighted by molar-refractivity contribution is 6.32. The van der Waals surface area contributed by atoms with E-state index in [0.717, 1.165) is 0 Å². The van der Waals surface area contributed by atoms with Crippen LogP contribution in [0.4, 0.5) is 4.79 Å². The average Bonchev–Trinajstić information content (AvgIpc) is 2.31. The van der Waals surface area contributed by atoms with E-state index in [-0.39, 0.29) is 6.10 Å². The van der Waals surface area contributed by atoms with Gasteiger partial charge in [-0.05, 0) is 31.5 Å². The summed E-state index contributed by atoms with van der Waals surface area (Å²) in [5.74, 6) is 0.959. The number of amides is 2. The molecule has 104 valence electrons. The summed E-state index contributed by atoms with van der Waals surface area (Å²) in [6, 6.07) is 2.60.